The number of carbonyl (C=O) groups is 2. The molecule has 2 amide bonds. The van der Waals surface area contributed by atoms with Gasteiger partial charge in [0.15, 0.2) is 5.11 Å². The number of rotatable bonds is 7. The molecule has 1 aliphatic rings. The van der Waals surface area contributed by atoms with E-state index in [2.05, 4.69) is 5.32 Å². The molecule has 0 unspecified atom stereocenters. The van der Waals surface area contributed by atoms with Crippen LogP contribution in [0.4, 0.5) is 11.4 Å². The van der Waals surface area contributed by atoms with Crippen LogP contribution in [0.2, 0.25) is 0 Å². The summed E-state index contributed by atoms with van der Waals surface area (Å²) in [5.74, 6) is -0.830. The van der Waals surface area contributed by atoms with E-state index >= 15 is 0 Å². The molecule has 1 saturated heterocycles. The van der Waals surface area contributed by atoms with E-state index in [1.165, 1.54) is 54.5 Å². The SMILES string of the molecule is COc1ccc(N2C(=O)/C(=C\c3ccc(OS(=O)(=O)c4cccc([N+](=O)[O-])c4)cc3)C(=O)NC2=S)cc1. The van der Waals surface area contributed by atoms with Crippen LogP contribution in [0.5, 0.6) is 11.5 Å². The fourth-order valence-electron chi connectivity index (χ4n) is 3.34. The number of nitro benzene ring substituents is 1. The molecule has 0 spiro atoms. The van der Waals surface area contributed by atoms with Crippen molar-refractivity contribution in [1.82, 2.24) is 5.32 Å². The molecule has 0 aliphatic carbocycles. The summed E-state index contributed by atoms with van der Waals surface area (Å²) in [6.07, 6.45) is 1.33. The highest BCUT2D eigenvalue weighted by Gasteiger charge is 2.34. The number of thiocarbonyl (C=S) groups is 1. The van der Waals surface area contributed by atoms with E-state index in [0.29, 0.717) is 17.0 Å². The van der Waals surface area contributed by atoms with Crippen LogP contribution in [-0.2, 0) is 19.7 Å². The minimum Gasteiger partial charge on any atom is -0.497 e. The number of amides is 2. The molecular formula is C24H17N3O8S2. The molecule has 0 aromatic heterocycles. The van der Waals surface area contributed by atoms with E-state index in [1.54, 1.807) is 24.3 Å². The summed E-state index contributed by atoms with van der Waals surface area (Å²) < 4.78 is 35.2. The maximum absolute atomic E-state index is 13.1. The quantitative estimate of drug-likeness (QED) is 0.119. The molecule has 37 heavy (non-hydrogen) atoms. The predicted molar refractivity (Wildman–Crippen MR) is 137 cm³/mol. The van der Waals surface area contributed by atoms with Crippen LogP contribution in [0.25, 0.3) is 6.08 Å². The van der Waals surface area contributed by atoms with E-state index in [9.17, 15) is 28.1 Å². The third-order valence-electron chi connectivity index (χ3n) is 5.15. The second kappa shape index (κ2) is 10.2. The Hall–Kier alpha value is -4.62. The summed E-state index contributed by atoms with van der Waals surface area (Å²) in [6, 6.07) is 16.5. The van der Waals surface area contributed by atoms with Crippen molar-refractivity contribution in [3.63, 3.8) is 0 Å². The normalized spacial score (nSPS) is 14.9. The predicted octanol–water partition coefficient (Wildman–Crippen LogP) is 3.20. The van der Waals surface area contributed by atoms with Gasteiger partial charge < -0.3 is 8.92 Å². The number of nitro groups is 1. The van der Waals surface area contributed by atoms with Gasteiger partial charge in [0.1, 0.15) is 22.0 Å². The Bertz CT molecular complexity index is 1550. The van der Waals surface area contributed by atoms with E-state index in [4.69, 9.17) is 21.1 Å². The molecule has 1 aliphatic heterocycles. The lowest BCUT2D eigenvalue weighted by Crippen LogP contribution is -2.54. The molecular weight excluding hydrogens is 522 g/mol. The zero-order chi connectivity index (χ0) is 26.7. The first-order valence-electron chi connectivity index (χ1n) is 10.4. The van der Waals surface area contributed by atoms with Gasteiger partial charge in [0.05, 0.1) is 17.7 Å². The molecule has 0 bridgehead atoms. The zero-order valence-corrected chi connectivity index (χ0v) is 20.6. The lowest BCUT2D eigenvalue weighted by molar-refractivity contribution is -0.385. The van der Waals surface area contributed by atoms with Gasteiger partial charge in [-0.05, 0) is 66.3 Å². The van der Waals surface area contributed by atoms with Crippen molar-refractivity contribution in [2.45, 2.75) is 4.90 Å². The van der Waals surface area contributed by atoms with Crippen LogP contribution >= 0.6 is 12.2 Å². The fraction of sp³-hybridized carbons (Fsp3) is 0.0417. The second-order valence-corrected chi connectivity index (χ2v) is 9.45. The Labute approximate surface area is 216 Å². The molecule has 0 saturated carbocycles. The summed E-state index contributed by atoms with van der Waals surface area (Å²) >= 11 is 5.18. The number of hydrogen-bond donors (Lipinski definition) is 1. The van der Waals surface area contributed by atoms with Crippen LogP contribution in [0.3, 0.4) is 0 Å². The number of nitrogens with one attached hydrogen (secondary N) is 1. The highest BCUT2D eigenvalue weighted by atomic mass is 32.2. The van der Waals surface area contributed by atoms with E-state index in [1.807, 2.05) is 0 Å². The van der Waals surface area contributed by atoms with Gasteiger partial charge in [-0.2, -0.15) is 8.42 Å². The largest absolute Gasteiger partial charge is 0.497 e. The van der Waals surface area contributed by atoms with Crippen LogP contribution in [0.1, 0.15) is 5.56 Å². The molecule has 13 heteroatoms. The smallest absolute Gasteiger partial charge is 0.339 e. The van der Waals surface area contributed by atoms with Crippen molar-refractivity contribution < 1.29 is 31.9 Å². The average Bonchev–Trinajstić information content (AvgIpc) is 2.87. The summed E-state index contributed by atoms with van der Waals surface area (Å²) in [6.45, 7) is 0. The van der Waals surface area contributed by atoms with Gasteiger partial charge in [0.25, 0.3) is 17.5 Å². The van der Waals surface area contributed by atoms with Gasteiger partial charge in [-0.3, -0.25) is 29.9 Å². The lowest BCUT2D eigenvalue weighted by Gasteiger charge is -2.29. The molecule has 188 valence electrons. The van der Waals surface area contributed by atoms with Gasteiger partial charge in [-0.1, -0.05) is 18.2 Å². The third kappa shape index (κ3) is 5.47. The number of benzene rings is 3. The molecule has 4 rings (SSSR count). The lowest BCUT2D eigenvalue weighted by atomic mass is 10.1. The summed E-state index contributed by atoms with van der Waals surface area (Å²) in [4.78, 5) is 36.6. The van der Waals surface area contributed by atoms with Gasteiger partial charge in [-0.25, -0.2) is 0 Å². The van der Waals surface area contributed by atoms with Gasteiger partial charge in [-0.15, -0.1) is 0 Å². The number of anilines is 1. The third-order valence-corrected chi connectivity index (χ3v) is 6.67. The van der Waals surface area contributed by atoms with Crippen LogP contribution in [0.15, 0.2) is 83.3 Å². The number of carbonyl (C=O) groups excluding carboxylic acids is 2. The number of nitrogens with zero attached hydrogens (tertiary/aromatic N) is 2. The molecule has 1 fully saturated rings. The number of methoxy groups -OCH3 is 1. The van der Waals surface area contributed by atoms with Crippen molar-refractivity contribution in [3.8, 4) is 11.5 Å². The topological polar surface area (TPSA) is 145 Å². The zero-order valence-electron chi connectivity index (χ0n) is 19.0. The Morgan fingerprint density at radius 1 is 1.00 bits per heavy atom. The van der Waals surface area contributed by atoms with Crippen molar-refractivity contribution in [2.75, 3.05) is 12.0 Å². The van der Waals surface area contributed by atoms with Crippen LogP contribution in [0, 0.1) is 10.1 Å². The molecule has 0 radical (unpaired) electrons. The summed E-state index contributed by atoms with van der Waals surface area (Å²) in [5.41, 5.74) is 0.241. The Morgan fingerprint density at radius 3 is 2.27 bits per heavy atom. The van der Waals surface area contributed by atoms with Crippen LogP contribution < -0.4 is 19.1 Å². The minimum absolute atomic E-state index is 0.0749. The van der Waals surface area contributed by atoms with Crippen molar-refractivity contribution in [2.24, 2.45) is 0 Å². The molecule has 3 aromatic rings. The highest BCUT2D eigenvalue weighted by molar-refractivity contribution is 7.87. The van der Waals surface area contributed by atoms with E-state index in [-0.39, 0.29) is 21.3 Å². The van der Waals surface area contributed by atoms with Crippen LogP contribution in [-0.4, -0.2) is 37.4 Å². The highest BCUT2D eigenvalue weighted by Crippen LogP contribution is 2.26. The summed E-state index contributed by atoms with van der Waals surface area (Å²) in [5, 5.41) is 13.3. The van der Waals surface area contributed by atoms with Crippen molar-refractivity contribution >= 4 is 56.7 Å². The van der Waals surface area contributed by atoms with Crippen molar-refractivity contribution in [1.29, 1.82) is 0 Å². The van der Waals surface area contributed by atoms with Crippen molar-refractivity contribution in [3.05, 3.63) is 94.0 Å². The first kappa shape index (κ1) is 25.5. The number of non-ortho nitro benzene ring substituents is 1. The molecule has 3 aromatic carbocycles. The standard InChI is InChI=1S/C24H17N3O8S2/c1-34-18-11-7-16(8-12-18)26-23(29)21(22(28)25-24(26)36)13-15-5-9-19(10-6-15)35-37(32,33)20-4-2-3-17(14-20)27(30)31/h2-14H,1H3,(H,25,28,36)/b21-13-. The second-order valence-electron chi connectivity index (χ2n) is 7.52. The van der Waals surface area contributed by atoms with Gasteiger partial charge >= 0.3 is 10.1 Å². The van der Waals surface area contributed by atoms with E-state index < -0.39 is 32.5 Å². The maximum Gasteiger partial charge on any atom is 0.339 e. The first-order valence-corrected chi connectivity index (χ1v) is 12.3. The Balaban J connectivity index is 1.56. The molecule has 11 nitrogen and oxygen atoms in total. The number of hydrogen-bond acceptors (Lipinski definition) is 9. The monoisotopic (exact) mass is 539 g/mol. The molecule has 0 atom stereocenters. The number of ether oxygens (including phenoxy) is 1. The van der Waals surface area contributed by atoms with Gasteiger partial charge in [0.2, 0.25) is 0 Å². The Morgan fingerprint density at radius 2 is 1.65 bits per heavy atom. The molecule has 1 heterocycles. The minimum atomic E-state index is -4.34. The average molecular weight is 540 g/mol. The maximum atomic E-state index is 13.1. The molecule has 1 N–H and O–H groups in total. The first-order chi connectivity index (χ1) is 17.6. The van der Waals surface area contributed by atoms with E-state index in [0.717, 1.165) is 12.1 Å². The van der Waals surface area contributed by atoms with Gasteiger partial charge in [0, 0.05) is 12.1 Å². The fourth-order valence-corrected chi connectivity index (χ4v) is 4.59. The Kier molecular flexibility index (Phi) is 7.00. The summed E-state index contributed by atoms with van der Waals surface area (Å²) in [7, 11) is -2.84.